The Hall–Kier alpha value is -2.62. The minimum Gasteiger partial charge on any atom is -0.467 e. The van der Waals surface area contributed by atoms with Crippen LogP contribution in [0, 0.1) is 5.82 Å². The van der Waals surface area contributed by atoms with E-state index < -0.39 is 0 Å². The summed E-state index contributed by atoms with van der Waals surface area (Å²) in [6.07, 6.45) is 1.57. The zero-order valence-corrected chi connectivity index (χ0v) is 11.5. The Morgan fingerprint density at radius 2 is 1.86 bits per heavy atom. The molecule has 1 aromatic heterocycles. The van der Waals surface area contributed by atoms with E-state index in [4.69, 9.17) is 4.42 Å². The molecule has 0 aliphatic carbocycles. The summed E-state index contributed by atoms with van der Waals surface area (Å²) >= 11 is 0. The van der Waals surface area contributed by atoms with Crippen LogP contribution in [0.4, 0.5) is 4.39 Å². The third kappa shape index (κ3) is 2.52. The third-order valence-corrected chi connectivity index (χ3v) is 3.42. The molecule has 0 fully saturated rings. The molecule has 0 unspecified atom stereocenters. The average molecular weight is 283 g/mol. The fourth-order valence-corrected chi connectivity index (χ4v) is 2.36. The molecule has 0 spiro atoms. The van der Waals surface area contributed by atoms with Gasteiger partial charge in [-0.1, -0.05) is 24.3 Å². The van der Waals surface area contributed by atoms with E-state index in [9.17, 15) is 9.18 Å². The number of fused-ring (bicyclic) bond motifs is 1. The maximum absolute atomic E-state index is 13.8. The first-order valence-corrected chi connectivity index (χ1v) is 6.62. The lowest BCUT2D eigenvalue weighted by atomic mass is 10.0. The second-order valence-corrected chi connectivity index (χ2v) is 4.88. The molecule has 21 heavy (non-hydrogen) atoms. The van der Waals surface area contributed by atoms with Gasteiger partial charge in [0.05, 0.1) is 12.8 Å². The van der Waals surface area contributed by atoms with E-state index in [1.54, 1.807) is 48.5 Å². The Morgan fingerprint density at radius 1 is 1.10 bits per heavy atom. The quantitative estimate of drug-likeness (QED) is 0.731. The molecule has 0 radical (unpaired) electrons. The highest BCUT2D eigenvalue weighted by molar-refractivity contribution is 6.07. The molecular weight excluding hydrogens is 269 g/mol. The number of carbonyl (C=O) groups excluding carboxylic acids is 1. The van der Waals surface area contributed by atoms with Crippen LogP contribution in [0.2, 0.25) is 0 Å². The van der Waals surface area contributed by atoms with Crippen LogP contribution in [0.1, 0.15) is 16.1 Å². The van der Waals surface area contributed by atoms with Crippen molar-refractivity contribution >= 4 is 16.7 Å². The van der Waals surface area contributed by atoms with Gasteiger partial charge >= 0.3 is 0 Å². The first-order valence-electron chi connectivity index (χ1n) is 6.62. The van der Waals surface area contributed by atoms with Crippen molar-refractivity contribution in [3.8, 4) is 0 Å². The van der Waals surface area contributed by atoms with Crippen LogP contribution in [0.5, 0.6) is 0 Å². The van der Waals surface area contributed by atoms with Crippen molar-refractivity contribution in [2.75, 3.05) is 7.05 Å². The molecule has 0 atom stereocenters. The molecule has 2 aromatic carbocycles. The highest BCUT2D eigenvalue weighted by Crippen LogP contribution is 2.23. The Bertz CT molecular complexity index is 781. The summed E-state index contributed by atoms with van der Waals surface area (Å²) < 4.78 is 19.0. The monoisotopic (exact) mass is 283 g/mol. The fourth-order valence-electron chi connectivity index (χ4n) is 2.36. The number of hydrogen-bond acceptors (Lipinski definition) is 2. The van der Waals surface area contributed by atoms with Crippen LogP contribution in [0.3, 0.4) is 0 Å². The highest BCUT2D eigenvalue weighted by atomic mass is 19.1. The standard InChI is InChI=1S/C17H14FNO2/c1-19(11-12-5-4-10-21-12)17(20)15-8-9-16(18)14-7-3-2-6-13(14)15/h2-10H,11H2,1H3. The van der Waals surface area contributed by atoms with Gasteiger partial charge in [0.25, 0.3) is 5.91 Å². The zero-order valence-electron chi connectivity index (χ0n) is 11.5. The van der Waals surface area contributed by atoms with E-state index in [2.05, 4.69) is 0 Å². The number of nitrogens with zero attached hydrogens (tertiary/aromatic N) is 1. The minimum atomic E-state index is -0.323. The molecule has 0 saturated heterocycles. The lowest BCUT2D eigenvalue weighted by molar-refractivity contribution is 0.0777. The van der Waals surface area contributed by atoms with Crippen molar-refractivity contribution in [2.45, 2.75) is 6.54 Å². The second-order valence-electron chi connectivity index (χ2n) is 4.88. The number of hydrogen-bond donors (Lipinski definition) is 0. The number of furan rings is 1. The molecule has 4 heteroatoms. The van der Waals surface area contributed by atoms with Gasteiger partial charge in [0.15, 0.2) is 0 Å². The Morgan fingerprint density at radius 3 is 2.57 bits per heavy atom. The van der Waals surface area contributed by atoms with Crippen LogP contribution in [0.25, 0.3) is 10.8 Å². The predicted octanol–water partition coefficient (Wildman–Crippen LogP) is 3.84. The number of amides is 1. The summed E-state index contributed by atoms with van der Waals surface area (Å²) in [5.41, 5.74) is 0.487. The van der Waals surface area contributed by atoms with E-state index in [0.29, 0.717) is 28.6 Å². The zero-order chi connectivity index (χ0) is 14.8. The molecule has 0 bridgehead atoms. The lowest BCUT2D eigenvalue weighted by Gasteiger charge is -2.17. The summed E-state index contributed by atoms with van der Waals surface area (Å²) in [6, 6.07) is 13.4. The predicted molar refractivity (Wildman–Crippen MR) is 78.4 cm³/mol. The van der Waals surface area contributed by atoms with Gasteiger partial charge in [-0.3, -0.25) is 4.79 Å². The van der Waals surface area contributed by atoms with Crippen molar-refractivity contribution in [1.82, 2.24) is 4.90 Å². The molecule has 0 saturated carbocycles. The van der Waals surface area contributed by atoms with Crippen molar-refractivity contribution in [3.63, 3.8) is 0 Å². The number of halogens is 1. The lowest BCUT2D eigenvalue weighted by Crippen LogP contribution is -2.26. The summed E-state index contributed by atoms with van der Waals surface area (Å²) in [4.78, 5) is 14.1. The summed E-state index contributed by atoms with van der Waals surface area (Å²) in [5, 5.41) is 1.07. The van der Waals surface area contributed by atoms with E-state index in [1.807, 2.05) is 6.07 Å². The van der Waals surface area contributed by atoms with Crippen LogP contribution in [-0.4, -0.2) is 17.9 Å². The first kappa shape index (κ1) is 13.4. The van der Waals surface area contributed by atoms with Crippen LogP contribution < -0.4 is 0 Å². The second kappa shape index (κ2) is 5.40. The SMILES string of the molecule is CN(Cc1ccco1)C(=O)c1ccc(F)c2ccccc12. The third-order valence-electron chi connectivity index (χ3n) is 3.42. The van der Waals surface area contributed by atoms with Crippen LogP contribution in [0.15, 0.2) is 59.2 Å². The summed E-state index contributed by atoms with van der Waals surface area (Å²) in [7, 11) is 1.70. The summed E-state index contributed by atoms with van der Waals surface area (Å²) in [6.45, 7) is 0.373. The van der Waals surface area contributed by atoms with Crippen LogP contribution in [-0.2, 0) is 6.54 Å². The Labute approximate surface area is 121 Å². The Kier molecular flexibility index (Phi) is 3.44. The molecule has 1 amide bonds. The average Bonchev–Trinajstić information content (AvgIpc) is 3.00. The number of carbonyl (C=O) groups is 1. The molecular formula is C17H14FNO2. The van der Waals surface area contributed by atoms with Crippen molar-refractivity contribution in [2.24, 2.45) is 0 Å². The smallest absolute Gasteiger partial charge is 0.254 e. The number of rotatable bonds is 3. The molecule has 3 rings (SSSR count). The van der Waals surface area contributed by atoms with Gasteiger partial charge in [0, 0.05) is 18.0 Å². The van der Waals surface area contributed by atoms with Gasteiger partial charge in [-0.2, -0.15) is 0 Å². The molecule has 3 aromatic rings. The van der Waals surface area contributed by atoms with Gasteiger partial charge in [-0.25, -0.2) is 4.39 Å². The van der Waals surface area contributed by atoms with E-state index in [0.717, 1.165) is 0 Å². The molecule has 0 aliphatic heterocycles. The minimum absolute atomic E-state index is 0.164. The molecule has 1 heterocycles. The van der Waals surface area contributed by atoms with Gasteiger partial charge < -0.3 is 9.32 Å². The maximum Gasteiger partial charge on any atom is 0.254 e. The molecule has 3 nitrogen and oxygen atoms in total. The van der Waals surface area contributed by atoms with Crippen molar-refractivity contribution in [3.05, 3.63) is 71.9 Å². The van der Waals surface area contributed by atoms with Crippen molar-refractivity contribution < 1.29 is 13.6 Å². The number of benzene rings is 2. The molecule has 0 aliphatic rings. The summed E-state index contributed by atoms with van der Waals surface area (Å²) in [5.74, 6) is 0.218. The topological polar surface area (TPSA) is 33.5 Å². The fraction of sp³-hybridized carbons (Fsp3) is 0.118. The van der Waals surface area contributed by atoms with Crippen LogP contribution >= 0.6 is 0 Å². The van der Waals surface area contributed by atoms with E-state index in [1.165, 1.54) is 12.1 Å². The maximum atomic E-state index is 13.8. The van der Waals surface area contributed by atoms with E-state index >= 15 is 0 Å². The highest BCUT2D eigenvalue weighted by Gasteiger charge is 2.17. The molecule has 106 valence electrons. The van der Waals surface area contributed by atoms with Crippen molar-refractivity contribution in [1.29, 1.82) is 0 Å². The Balaban J connectivity index is 1.96. The van der Waals surface area contributed by atoms with E-state index in [-0.39, 0.29) is 11.7 Å². The van der Waals surface area contributed by atoms with Gasteiger partial charge in [0.2, 0.25) is 0 Å². The largest absolute Gasteiger partial charge is 0.467 e. The first-order chi connectivity index (χ1) is 10.2. The van der Waals surface area contributed by atoms with Gasteiger partial charge in [0.1, 0.15) is 11.6 Å². The van der Waals surface area contributed by atoms with Gasteiger partial charge in [-0.05, 0) is 29.7 Å². The molecule has 0 N–H and O–H groups in total. The normalized spacial score (nSPS) is 10.8. The van der Waals surface area contributed by atoms with Gasteiger partial charge in [-0.15, -0.1) is 0 Å².